The highest BCUT2D eigenvalue weighted by atomic mass is 27.0. The maximum absolute atomic E-state index is 9.90. The second kappa shape index (κ2) is 19.1. The quantitative estimate of drug-likeness (QED) is 0.545. The molecule has 0 aromatic heterocycles. The van der Waals surface area contributed by atoms with Gasteiger partial charge in [-0.05, 0) is 0 Å². The van der Waals surface area contributed by atoms with E-state index in [0.29, 0.717) is 0 Å². The zero-order valence-corrected chi connectivity index (χ0v) is 11.4. The van der Waals surface area contributed by atoms with E-state index in [9.17, 15) is 15.3 Å². The van der Waals surface area contributed by atoms with Crippen molar-refractivity contribution >= 4 is 17.4 Å². The molecule has 1 unspecified atom stereocenters. The lowest BCUT2D eigenvalue weighted by atomic mass is 10.3. The lowest BCUT2D eigenvalue weighted by Crippen LogP contribution is -2.18. The first-order valence-electron chi connectivity index (χ1n) is 4.71. The normalized spacial score (nSPS) is 10.5. The van der Waals surface area contributed by atoms with Crippen LogP contribution in [0.2, 0.25) is 0 Å². The second-order valence-electron chi connectivity index (χ2n) is 3.32. The predicted octanol–water partition coefficient (Wildman–Crippen LogP) is -0.725. The molecule has 0 rings (SSSR count). The molecule has 3 radical (unpaired) electrons. The van der Waals surface area contributed by atoms with Crippen molar-refractivity contribution in [3.63, 3.8) is 0 Å². The van der Waals surface area contributed by atoms with Gasteiger partial charge in [0, 0.05) is 17.4 Å². The van der Waals surface area contributed by atoms with Gasteiger partial charge in [0.2, 0.25) is 0 Å². The summed E-state index contributed by atoms with van der Waals surface area (Å²) in [5, 5.41) is 29.0. The first-order chi connectivity index (χ1) is 5.73. The van der Waals surface area contributed by atoms with Gasteiger partial charge in [-0.25, -0.2) is 0 Å². The smallest absolute Gasteiger partial charge is 0 e. The summed E-state index contributed by atoms with van der Waals surface area (Å²) in [6, 6.07) is 0. The summed E-state index contributed by atoms with van der Waals surface area (Å²) >= 11 is 0. The summed E-state index contributed by atoms with van der Waals surface area (Å²) in [4.78, 5) is 0. The van der Waals surface area contributed by atoms with Gasteiger partial charge in [0.05, 0.1) is 0 Å². The van der Waals surface area contributed by atoms with Gasteiger partial charge in [-0.1, -0.05) is 48.0 Å². The van der Waals surface area contributed by atoms with E-state index < -0.39 is 12.2 Å². The molecule has 0 saturated carbocycles. The summed E-state index contributed by atoms with van der Waals surface area (Å²) in [7, 11) is 0. The minimum atomic E-state index is -0.417. The molecule has 0 bridgehead atoms. The Morgan fingerprint density at radius 2 is 0.857 bits per heavy atom. The van der Waals surface area contributed by atoms with Crippen molar-refractivity contribution in [1.29, 1.82) is 0 Å². The van der Waals surface area contributed by atoms with E-state index in [1.165, 1.54) is 0 Å². The summed E-state index contributed by atoms with van der Waals surface area (Å²) in [5.41, 5.74) is 0. The van der Waals surface area contributed by atoms with Crippen LogP contribution in [0.1, 0.15) is 48.0 Å². The van der Waals surface area contributed by atoms with Gasteiger partial charge in [-0.15, -0.1) is 18.3 Å². The number of rotatable bonds is 1. The fraction of sp³-hybridized carbons (Fsp3) is 1.00. The molecule has 0 N–H and O–H groups in total. The molecule has 0 spiro atoms. The van der Waals surface area contributed by atoms with E-state index in [-0.39, 0.29) is 23.5 Å². The molecule has 0 saturated heterocycles. The molecule has 87 valence electrons. The van der Waals surface area contributed by atoms with Crippen LogP contribution < -0.4 is 15.3 Å². The summed E-state index contributed by atoms with van der Waals surface area (Å²) in [5.74, 6) is 0. The third-order valence-corrected chi connectivity index (χ3v) is 0.575. The topological polar surface area (TPSA) is 69.2 Å². The van der Waals surface area contributed by atoms with Crippen LogP contribution >= 0.6 is 0 Å². The lowest BCUT2D eigenvalue weighted by Gasteiger charge is -2.09. The van der Waals surface area contributed by atoms with Gasteiger partial charge in [-0.2, -0.15) is 0 Å². The van der Waals surface area contributed by atoms with Crippen LogP contribution in [-0.4, -0.2) is 35.7 Å². The van der Waals surface area contributed by atoms with Crippen LogP contribution in [0.15, 0.2) is 0 Å². The standard InChI is InChI=1S/C4H9O.2C3H7O.Al/c1-3-4(2)5;2*1-3(2)4;/h4H,3H2,1-2H3;2*3H,1-2H3;/q3*-1;. The van der Waals surface area contributed by atoms with Crippen LogP contribution in [0, 0.1) is 0 Å². The Morgan fingerprint density at radius 1 is 0.786 bits per heavy atom. The molecule has 0 amide bonds. The highest BCUT2D eigenvalue weighted by molar-refractivity contribution is 5.75. The molecule has 3 nitrogen and oxygen atoms in total. The minimum absolute atomic E-state index is 0. The molecule has 0 fully saturated rings. The fourth-order valence-electron chi connectivity index (χ4n) is 0. The van der Waals surface area contributed by atoms with Crippen molar-refractivity contribution in [1.82, 2.24) is 0 Å². The van der Waals surface area contributed by atoms with Crippen molar-refractivity contribution in [2.75, 3.05) is 0 Å². The first kappa shape index (κ1) is 23.9. The third-order valence-electron chi connectivity index (χ3n) is 0.575. The lowest BCUT2D eigenvalue weighted by molar-refractivity contribution is -0.414. The first-order valence-corrected chi connectivity index (χ1v) is 4.71. The van der Waals surface area contributed by atoms with E-state index in [0.717, 1.165) is 6.42 Å². The van der Waals surface area contributed by atoms with Crippen molar-refractivity contribution in [2.24, 2.45) is 0 Å². The van der Waals surface area contributed by atoms with Gasteiger partial charge in [-0.3, -0.25) is 0 Å². The van der Waals surface area contributed by atoms with Crippen LogP contribution in [0.4, 0.5) is 0 Å². The molecular weight excluding hydrogens is 195 g/mol. The largest absolute Gasteiger partial charge is 0.852 e. The Balaban J connectivity index is -0.0000000522. The molecule has 0 aromatic carbocycles. The third kappa shape index (κ3) is 278. The van der Waals surface area contributed by atoms with Crippen molar-refractivity contribution in [3.05, 3.63) is 0 Å². The molecule has 0 aliphatic carbocycles. The summed E-state index contributed by atoms with van der Waals surface area (Å²) in [6.07, 6.45) is -0.449. The molecular formula is C10H23AlO3-3. The molecule has 14 heavy (non-hydrogen) atoms. The van der Waals surface area contributed by atoms with Gasteiger partial charge in [0.25, 0.3) is 0 Å². The number of hydrogen-bond donors (Lipinski definition) is 0. The maximum Gasteiger partial charge on any atom is 0 e. The van der Waals surface area contributed by atoms with Gasteiger partial charge >= 0.3 is 0 Å². The van der Waals surface area contributed by atoms with E-state index in [4.69, 9.17) is 0 Å². The van der Waals surface area contributed by atoms with E-state index in [1.807, 2.05) is 6.92 Å². The highest BCUT2D eigenvalue weighted by Gasteiger charge is 1.68. The maximum atomic E-state index is 9.90. The average Bonchev–Trinajstić information content (AvgIpc) is 1.84. The van der Waals surface area contributed by atoms with E-state index in [2.05, 4.69) is 0 Å². The Bertz CT molecular complexity index is 64.3. The van der Waals surface area contributed by atoms with Crippen molar-refractivity contribution in [2.45, 2.75) is 66.3 Å². The van der Waals surface area contributed by atoms with Crippen molar-refractivity contribution < 1.29 is 15.3 Å². The Kier molecular flexibility index (Phi) is 32.6. The Morgan fingerprint density at radius 3 is 0.857 bits per heavy atom. The van der Waals surface area contributed by atoms with Gasteiger partial charge in [0.15, 0.2) is 0 Å². The molecule has 0 aromatic rings. The Hall–Kier alpha value is 0.412. The van der Waals surface area contributed by atoms with Crippen LogP contribution in [0.5, 0.6) is 0 Å². The summed E-state index contributed by atoms with van der Waals surface area (Å²) in [6.45, 7) is 10.00. The molecule has 4 heteroatoms. The second-order valence-corrected chi connectivity index (χ2v) is 3.32. The predicted molar refractivity (Wildman–Crippen MR) is 55.8 cm³/mol. The zero-order chi connectivity index (χ0) is 11.4. The van der Waals surface area contributed by atoms with Crippen LogP contribution in [0.3, 0.4) is 0 Å². The average molecular weight is 218 g/mol. The van der Waals surface area contributed by atoms with Crippen molar-refractivity contribution in [3.8, 4) is 0 Å². The van der Waals surface area contributed by atoms with E-state index >= 15 is 0 Å². The van der Waals surface area contributed by atoms with Crippen LogP contribution in [0.25, 0.3) is 0 Å². The summed E-state index contributed by atoms with van der Waals surface area (Å²) < 4.78 is 0. The van der Waals surface area contributed by atoms with E-state index in [1.54, 1.807) is 34.6 Å². The SMILES string of the molecule is CC(C)[O-].CC(C)[O-].CCC(C)[O-].[Al]. The van der Waals surface area contributed by atoms with Crippen LogP contribution in [-0.2, 0) is 0 Å². The Labute approximate surface area is 99.3 Å². The monoisotopic (exact) mass is 218 g/mol. The zero-order valence-electron chi connectivity index (χ0n) is 10.2. The molecule has 1 atom stereocenters. The minimum Gasteiger partial charge on any atom is -0.852 e. The van der Waals surface area contributed by atoms with Gasteiger partial charge in [0.1, 0.15) is 0 Å². The molecule has 0 aliphatic rings. The molecule has 0 heterocycles. The number of hydrogen-bond acceptors (Lipinski definition) is 3. The van der Waals surface area contributed by atoms with Gasteiger partial charge < -0.3 is 15.3 Å². The fourth-order valence-corrected chi connectivity index (χ4v) is 0. The molecule has 0 aliphatic heterocycles. The highest BCUT2D eigenvalue weighted by Crippen LogP contribution is 1.76.